The molecule has 0 bridgehead atoms. The van der Waals surface area contributed by atoms with Crippen LogP contribution in [0.5, 0.6) is 5.75 Å². The molecule has 0 unspecified atom stereocenters. The average Bonchev–Trinajstić information content (AvgIpc) is 3.16. The van der Waals surface area contributed by atoms with E-state index in [1.807, 2.05) is 12.1 Å². The van der Waals surface area contributed by atoms with Gasteiger partial charge in [0, 0.05) is 23.0 Å². The SMILES string of the molecule is COc1ccc(Cl)cc1-c1nnc2sc(-c3cccnc3)nn12. The Kier molecular flexibility index (Phi) is 3.44. The number of nitrogens with zero attached hydrogens (tertiary/aromatic N) is 5. The summed E-state index contributed by atoms with van der Waals surface area (Å²) in [5.41, 5.74) is 1.68. The van der Waals surface area contributed by atoms with Crippen molar-refractivity contribution in [2.75, 3.05) is 7.11 Å². The topological polar surface area (TPSA) is 65.2 Å². The molecule has 0 N–H and O–H groups in total. The first-order chi connectivity index (χ1) is 11.3. The summed E-state index contributed by atoms with van der Waals surface area (Å²) in [6, 6.07) is 9.19. The smallest absolute Gasteiger partial charge is 0.235 e. The van der Waals surface area contributed by atoms with Gasteiger partial charge in [0.25, 0.3) is 0 Å². The summed E-state index contributed by atoms with van der Waals surface area (Å²) in [4.78, 5) is 4.81. The molecule has 0 saturated carbocycles. The van der Waals surface area contributed by atoms with Gasteiger partial charge in [-0.25, -0.2) is 0 Å². The largest absolute Gasteiger partial charge is 0.496 e. The van der Waals surface area contributed by atoms with Crippen molar-refractivity contribution in [2.24, 2.45) is 0 Å². The van der Waals surface area contributed by atoms with E-state index in [0.29, 0.717) is 21.6 Å². The predicted octanol–water partition coefficient (Wildman–Crippen LogP) is 3.58. The highest BCUT2D eigenvalue weighted by molar-refractivity contribution is 7.19. The second-order valence-corrected chi connectivity index (χ2v) is 6.10. The molecule has 0 atom stereocenters. The molecule has 4 aromatic rings. The van der Waals surface area contributed by atoms with Crippen LogP contribution in [0.4, 0.5) is 0 Å². The van der Waals surface area contributed by atoms with E-state index in [9.17, 15) is 0 Å². The lowest BCUT2D eigenvalue weighted by atomic mass is 10.2. The summed E-state index contributed by atoms with van der Waals surface area (Å²) in [5, 5.41) is 14.4. The zero-order valence-electron chi connectivity index (χ0n) is 12.0. The Morgan fingerprint density at radius 1 is 1.22 bits per heavy atom. The Bertz CT molecular complexity index is 982. The van der Waals surface area contributed by atoms with E-state index in [4.69, 9.17) is 16.3 Å². The number of benzene rings is 1. The second-order valence-electron chi connectivity index (χ2n) is 4.71. The lowest BCUT2D eigenvalue weighted by molar-refractivity contribution is 0.416. The van der Waals surface area contributed by atoms with Gasteiger partial charge in [-0.2, -0.15) is 9.61 Å². The molecule has 0 aliphatic heterocycles. The summed E-state index contributed by atoms with van der Waals surface area (Å²) in [6.07, 6.45) is 3.50. The number of aromatic nitrogens is 5. The van der Waals surface area contributed by atoms with Crippen LogP contribution in [0.1, 0.15) is 0 Å². The third-order valence-corrected chi connectivity index (χ3v) is 4.48. The second kappa shape index (κ2) is 5.60. The number of rotatable bonds is 3. The fraction of sp³-hybridized carbons (Fsp3) is 0.0667. The molecule has 4 rings (SSSR count). The van der Waals surface area contributed by atoms with Crippen molar-refractivity contribution in [2.45, 2.75) is 0 Å². The van der Waals surface area contributed by atoms with Crippen molar-refractivity contribution in [1.82, 2.24) is 24.8 Å². The van der Waals surface area contributed by atoms with Crippen LogP contribution in [0.15, 0.2) is 42.7 Å². The first-order valence-electron chi connectivity index (χ1n) is 6.73. The van der Waals surface area contributed by atoms with Crippen LogP contribution in [0.2, 0.25) is 5.02 Å². The summed E-state index contributed by atoms with van der Waals surface area (Å²) in [5.74, 6) is 1.25. The van der Waals surface area contributed by atoms with Gasteiger partial charge in [0.05, 0.1) is 12.7 Å². The van der Waals surface area contributed by atoms with E-state index in [1.165, 1.54) is 11.3 Å². The van der Waals surface area contributed by atoms with Crippen LogP contribution in [-0.4, -0.2) is 31.9 Å². The molecule has 8 heteroatoms. The highest BCUT2D eigenvalue weighted by atomic mass is 35.5. The molecule has 0 spiro atoms. The van der Waals surface area contributed by atoms with Crippen molar-refractivity contribution in [3.63, 3.8) is 0 Å². The zero-order chi connectivity index (χ0) is 15.8. The van der Waals surface area contributed by atoms with Crippen molar-refractivity contribution in [3.05, 3.63) is 47.7 Å². The fourth-order valence-electron chi connectivity index (χ4n) is 2.25. The number of halogens is 1. The van der Waals surface area contributed by atoms with Gasteiger partial charge in [-0.15, -0.1) is 10.2 Å². The molecule has 3 aromatic heterocycles. The minimum atomic E-state index is 0.589. The van der Waals surface area contributed by atoms with Gasteiger partial charge in [0.2, 0.25) is 4.96 Å². The van der Waals surface area contributed by atoms with Gasteiger partial charge in [0.1, 0.15) is 10.8 Å². The third kappa shape index (κ3) is 2.43. The van der Waals surface area contributed by atoms with Crippen molar-refractivity contribution < 1.29 is 4.74 Å². The molecule has 23 heavy (non-hydrogen) atoms. The van der Waals surface area contributed by atoms with E-state index in [2.05, 4.69) is 20.3 Å². The Hall–Kier alpha value is -2.51. The van der Waals surface area contributed by atoms with E-state index in [0.717, 1.165) is 16.1 Å². The van der Waals surface area contributed by atoms with E-state index >= 15 is 0 Å². The zero-order valence-corrected chi connectivity index (χ0v) is 13.5. The van der Waals surface area contributed by atoms with E-state index in [1.54, 1.807) is 42.2 Å². The first kappa shape index (κ1) is 14.1. The monoisotopic (exact) mass is 343 g/mol. The maximum Gasteiger partial charge on any atom is 0.235 e. The number of methoxy groups -OCH3 is 1. The molecule has 0 aliphatic carbocycles. The molecule has 3 heterocycles. The number of ether oxygens (including phenoxy) is 1. The number of pyridine rings is 1. The standard InChI is InChI=1S/C15H10ClN5OS/c1-22-12-5-4-10(16)7-11(12)13-18-19-15-21(13)20-14(23-15)9-3-2-6-17-8-9/h2-8H,1H3. The molecule has 6 nitrogen and oxygen atoms in total. The van der Waals surface area contributed by atoms with Crippen molar-refractivity contribution in [3.8, 4) is 27.7 Å². The number of hydrogen-bond acceptors (Lipinski definition) is 6. The van der Waals surface area contributed by atoms with Gasteiger partial charge in [-0.3, -0.25) is 4.98 Å². The van der Waals surface area contributed by atoms with Gasteiger partial charge >= 0.3 is 0 Å². The molecule has 1 aromatic carbocycles. The highest BCUT2D eigenvalue weighted by Crippen LogP contribution is 2.33. The van der Waals surface area contributed by atoms with Crippen molar-refractivity contribution >= 4 is 27.9 Å². The lowest BCUT2D eigenvalue weighted by Gasteiger charge is -2.06. The van der Waals surface area contributed by atoms with Crippen LogP contribution in [0, 0.1) is 0 Å². The summed E-state index contributed by atoms with van der Waals surface area (Å²) in [7, 11) is 1.60. The van der Waals surface area contributed by atoms with Crippen LogP contribution in [-0.2, 0) is 0 Å². The Morgan fingerprint density at radius 2 is 2.13 bits per heavy atom. The molecule has 0 amide bonds. The van der Waals surface area contributed by atoms with Crippen molar-refractivity contribution in [1.29, 1.82) is 0 Å². The Labute approximate surface area is 140 Å². The summed E-state index contributed by atoms with van der Waals surface area (Å²) in [6.45, 7) is 0. The predicted molar refractivity (Wildman–Crippen MR) is 88.9 cm³/mol. The molecule has 114 valence electrons. The Morgan fingerprint density at radius 3 is 2.91 bits per heavy atom. The number of hydrogen-bond donors (Lipinski definition) is 0. The van der Waals surface area contributed by atoms with Gasteiger partial charge in [-0.05, 0) is 30.3 Å². The van der Waals surface area contributed by atoms with E-state index < -0.39 is 0 Å². The molecule has 0 aliphatic rings. The van der Waals surface area contributed by atoms with Crippen LogP contribution in [0.25, 0.3) is 26.9 Å². The third-order valence-electron chi connectivity index (χ3n) is 3.30. The minimum absolute atomic E-state index is 0.589. The average molecular weight is 344 g/mol. The van der Waals surface area contributed by atoms with Gasteiger partial charge in [-0.1, -0.05) is 22.9 Å². The van der Waals surface area contributed by atoms with Gasteiger partial charge < -0.3 is 4.74 Å². The van der Waals surface area contributed by atoms with Crippen LogP contribution in [0.3, 0.4) is 0 Å². The quantitative estimate of drug-likeness (QED) is 0.569. The fourth-order valence-corrected chi connectivity index (χ4v) is 3.25. The molecular formula is C15H10ClN5OS. The van der Waals surface area contributed by atoms with Gasteiger partial charge in [0.15, 0.2) is 5.82 Å². The maximum absolute atomic E-state index is 6.10. The van der Waals surface area contributed by atoms with Crippen LogP contribution >= 0.6 is 22.9 Å². The van der Waals surface area contributed by atoms with Crippen LogP contribution < -0.4 is 4.74 Å². The van der Waals surface area contributed by atoms with E-state index in [-0.39, 0.29) is 0 Å². The molecule has 0 saturated heterocycles. The normalized spacial score (nSPS) is 11.0. The first-order valence-corrected chi connectivity index (χ1v) is 7.92. The summed E-state index contributed by atoms with van der Waals surface area (Å²) >= 11 is 7.55. The summed E-state index contributed by atoms with van der Waals surface area (Å²) < 4.78 is 7.09. The number of fused-ring (bicyclic) bond motifs is 1. The minimum Gasteiger partial charge on any atom is -0.496 e. The molecular weight excluding hydrogens is 334 g/mol. The molecule has 0 radical (unpaired) electrons. The highest BCUT2D eigenvalue weighted by Gasteiger charge is 2.17. The molecule has 0 fully saturated rings. The maximum atomic E-state index is 6.10. The Balaban J connectivity index is 1.89. The lowest BCUT2D eigenvalue weighted by Crippen LogP contribution is -1.94.